The van der Waals surface area contributed by atoms with Crippen LogP contribution in [0.5, 0.6) is 5.75 Å². The van der Waals surface area contributed by atoms with Crippen molar-refractivity contribution in [1.29, 1.82) is 0 Å². The molecule has 0 spiro atoms. The van der Waals surface area contributed by atoms with Crippen LogP contribution in [0.3, 0.4) is 0 Å². The molecule has 2 heteroatoms. The Hall–Kier alpha value is -1.02. The second-order valence-electron chi connectivity index (χ2n) is 4.48. The first-order chi connectivity index (χ1) is 7.88. The molecule has 0 radical (unpaired) electrons. The lowest BCUT2D eigenvalue weighted by molar-refractivity contribution is 0.312. The van der Waals surface area contributed by atoms with Gasteiger partial charge in [-0.1, -0.05) is 19.1 Å². The molecule has 1 aliphatic heterocycles. The van der Waals surface area contributed by atoms with E-state index in [1.807, 2.05) is 6.07 Å². The third-order valence-electron chi connectivity index (χ3n) is 2.98. The highest BCUT2D eigenvalue weighted by atomic mass is 16.5. The molecule has 0 aromatic heterocycles. The third-order valence-corrected chi connectivity index (χ3v) is 2.98. The van der Waals surface area contributed by atoms with E-state index in [2.05, 4.69) is 30.0 Å². The Morgan fingerprint density at radius 3 is 2.81 bits per heavy atom. The fraction of sp³-hybridized carbons (Fsp3) is 0.571. The number of ether oxygens (including phenoxy) is 1. The number of hydrogen-bond donors (Lipinski definition) is 0. The minimum atomic E-state index is 0.813. The van der Waals surface area contributed by atoms with E-state index in [1.54, 1.807) is 0 Å². The van der Waals surface area contributed by atoms with Gasteiger partial charge in [0.15, 0.2) is 0 Å². The summed E-state index contributed by atoms with van der Waals surface area (Å²) in [5, 5.41) is 0. The predicted molar refractivity (Wildman–Crippen MR) is 66.7 cm³/mol. The van der Waals surface area contributed by atoms with Crippen LogP contribution in [0.25, 0.3) is 0 Å². The zero-order valence-corrected chi connectivity index (χ0v) is 10.1. The maximum absolute atomic E-state index is 5.64. The number of benzene rings is 1. The summed E-state index contributed by atoms with van der Waals surface area (Å²) in [6.07, 6.45) is 3.77. The molecule has 1 aromatic carbocycles. The summed E-state index contributed by atoms with van der Waals surface area (Å²) in [6.45, 7) is 6.52. The fourth-order valence-corrected chi connectivity index (χ4v) is 2.15. The van der Waals surface area contributed by atoms with Crippen LogP contribution in [0.1, 0.15) is 31.7 Å². The van der Waals surface area contributed by atoms with Gasteiger partial charge in [0, 0.05) is 6.54 Å². The smallest absolute Gasteiger partial charge is 0.119 e. The molecule has 0 amide bonds. The molecular formula is C14H21NO. The van der Waals surface area contributed by atoms with E-state index in [0.717, 1.165) is 25.3 Å². The van der Waals surface area contributed by atoms with E-state index in [1.165, 1.54) is 31.5 Å². The van der Waals surface area contributed by atoms with Crippen molar-refractivity contribution in [3.8, 4) is 5.75 Å². The van der Waals surface area contributed by atoms with Gasteiger partial charge in [0.1, 0.15) is 5.75 Å². The van der Waals surface area contributed by atoms with Crippen molar-refractivity contribution < 1.29 is 4.74 Å². The molecular weight excluding hydrogens is 198 g/mol. The minimum absolute atomic E-state index is 0.813. The molecule has 2 nitrogen and oxygen atoms in total. The number of nitrogens with zero attached hydrogens (tertiary/aromatic N) is 1. The van der Waals surface area contributed by atoms with Crippen LogP contribution in [0.4, 0.5) is 0 Å². The maximum atomic E-state index is 5.64. The molecule has 2 rings (SSSR count). The quantitative estimate of drug-likeness (QED) is 0.754. The molecule has 16 heavy (non-hydrogen) atoms. The summed E-state index contributed by atoms with van der Waals surface area (Å²) in [6, 6.07) is 8.50. The number of hydrogen-bond acceptors (Lipinski definition) is 2. The van der Waals surface area contributed by atoms with Gasteiger partial charge in [-0.2, -0.15) is 0 Å². The molecule has 0 atom stereocenters. The van der Waals surface area contributed by atoms with Crippen molar-refractivity contribution in [3.05, 3.63) is 29.8 Å². The summed E-state index contributed by atoms with van der Waals surface area (Å²) >= 11 is 0. The molecule has 1 heterocycles. The molecule has 0 saturated carbocycles. The van der Waals surface area contributed by atoms with Crippen LogP contribution < -0.4 is 4.74 Å². The average Bonchev–Trinajstić information content (AvgIpc) is 2.80. The Morgan fingerprint density at radius 2 is 2.06 bits per heavy atom. The van der Waals surface area contributed by atoms with Gasteiger partial charge in [0.2, 0.25) is 0 Å². The largest absolute Gasteiger partial charge is 0.494 e. The highest BCUT2D eigenvalue weighted by Gasteiger charge is 2.11. The van der Waals surface area contributed by atoms with Gasteiger partial charge in [-0.3, -0.25) is 4.90 Å². The summed E-state index contributed by atoms with van der Waals surface area (Å²) in [5.74, 6) is 1.01. The van der Waals surface area contributed by atoms with Crippen LogP contribution in [0.2, 0.25) is 0 Å². The first-order valence-corrected chi connectivity index (χ1v) is 6.32. The molecule has 1 fully saturated rings. The van der Waals surface area contributed by atoms with Gasteiger partial charge in [0.05, 0.1) is 6.61 Å². The highest BCUT2D eigenvalue weighted by Crippen LogP contribution is 2.17. The molecule has 1 aromatic rings. The summed E-state index contributed by atoms with van der Waals surface area (Å²) in [5.41, 5.74) is 1.37. The monoisotopic (exact) mass is 219 g/mol. The van der Waals surface area contributed by atoms with Gasteiger partial charge in [-0.05, 0) is 50.0 Å². The Kier molecular flexibility index (Phi) is 4.23. The standard InChI is InChI=1S/C14H21NO/c1-2-10-16-14-7-5-6-13(11-14)12-15-8-3-4-9-15/h5-7,11H,2-4,8-10,12H2,1H3. The average molecular weight is 219 g/mol. The van der Waals surface area contributed by atoms with Gasteiger partial charge in [-0.25, -0.2) is 0 Å². The molecule has 0 unspecified atom stereocenters. The summed E-state index contributed by atoms with van der Waals surface area (Å²) < 4.78 is 5.64. The second-order valence-corrected chi connectivity index (χ2v) is 4.48. The van der Waals surface area contributed by atoms with E-state index in [9.17, 15) is 0 Å². The lowest BCUT2D eigenvalue weighted by Crippen LogP contribution is -2.18. The van der Waals surface area contributed by atoms with Crippen molar-refractivity contribution in [1.82, 2.24) is 4.90 Å². The van der Waals surface area contributed by atoms with Gasteiger partial charge in [0.25, 0.3) is 0 Å². The van der Waals surface area contributed by atoms with E-state index in [-0.39, 0.29) is 0 Å². The lowest BCUT2D eigenvalue weighted by atomic mass is 10.2. The van der Waals surface area contributed by atoms with Crippen LogP contribution in [0.15, 0.2) is 24.3 Å². The zero-order chi connectivity index (χ0) is 11.2. The molecule has 0 N–H and O–H groups in total. The van der Waals surface area contributed by atoms with E-state index < -0.39 is 0 Å². The van der Waals surface area contributed by atoms with E-state index in [0.29, 0.717) is 0 Å². The van der Waals surface area contributed by atoms with Crippen LogP contribution in [-0.2, 0) is 6.54 Å². The molecule has 1 aliphatic rings. The lowest BCUT2D eigenvalue weighted by Gasteiger charge is -2.15. The Balaban J connectivity index is 1.92. The Labute approximate surface area is 98.2 Å². The maximum Gasteiger partial charge on any atom is 0.119 e. The Bertz CT molecular complexity index is 318. The van der Waals surface area contributed by atoms with Crippen molar-refractivity contribution in [3.63, 3.8) is 0 Å². The van der Waals surface area contributed by atoms with E-state index >= 15 is 0 Å². The number of rotatable bonds is 5. The molecule has 1 saturated heterocycles. The summed E-state index contributed by atoms with van der Waals surface area (Å²) in [4.78, 5) is 2.51. The fourth-order valence-electron chi connectivity index (χ4n) is 2.15. The molecule has 88 valence electrons. The summed E-state index contributed by atoms with van der Waals surface area (Å²) in [7, 11) is 0. The normalized spacial score (nSPS) is 16.6. The van der Waals surface area contributed by atoms with Crippen molar-refractivity contribution >= 4 is 0 Å². The first kappa shape index (κ1) is 11.5. The SMILES string of the molecule is CCCOc1cccc(CN2CCCC2)c1. The van der Waals surface area contributed by atoms with Crippen molar-refractivity contribution in [2.45, 2.75) is 32.7 Å². The zero-order valence-electron chi connectivity index (χ0n) is 10.1. The molecule has 0 bridgehead atoms. The highest BCUT2D eigenvalue weighted by molar-refractivity contribution is 5.28. The van der Waals surface area contributed by atoms with Crippen molar-refractivity contribution in [2.24, 2.45) is 0 Å². The van der Waals surface area contributed by atoms with Crippen LogP contribution >= 0.6 is 0 Å². The third kappa shape index (κ3) is 3.24. The van der Waals surface area contributed by atoms with Crippen molar-refractivity contribution in [2.75, 3.05) is 19.7 Å². The minimum Gasteiger partial charge on any atom is -0.494 e. The predicted octanol–water partition coefficient (Wildman–Crippen LogP) is 3.07. The topological polar surface area (TPSA) is 12.5 Å². The van der Waals surface area contributed by atoms with E-state index in [4.69, 9.17) is 4.74 Å². The Morgan fingerprint density at radius 1 is 1.25 bits per heavy atom. The van der Waals surface area contributed by atoms with Gasteiger partial charge >= 0.3 is 0 Å². The van der Waals surface area contributed by atoms with Crippen LogP contribution in [0, 0.1) is 0 Å². The first-order valence-electron chi connectivity index (χ1n) is 6.32. The van der Waals surface area contributed by atoms with Crippen LogP contribution in [-0.4, -0.2) is 24.6 Å². The van der Waals surface area contributed by atoms with Gasteiger partial charge in [-0.15, -0.1) is 0 Å². The second kappa shape index (κ2) is 5.90. The van der Waals surface area contributed by atoms with Gasteiger partial charge < -0.3 is 4.74 Å². The number of likely N-dealkylation sites (tertiary alicyclic amines) is 1. The molecule has 0 aliphatic carbocycles.